The summed E-state index contributed by atoms with van der Waals surface area (Å²) in [6, 6.07) is 6.15. The van der Waals surface area contributed by atoms with E-state index in [1.807, 2.05) is 18.2 Å². The van der Waals surface area contributed by atoms with Crippen LogP contribution in [-0.2, 0) is 0 Å². The summed E-state index contributed by atoms with van der Waals surface area (Å²) in [6.45, 7) is 11.4. The number of benzene rings is 1. The van der Waals surface area contributed by atoms with Gasteiger partial charge >= 0.3 is 0 Å². The first-order chi connectivity index (χ1) is 8.80. The lowest BCUT2D eigenvalue weighted by Crippen LogP contribution is -2.39. The Morgan fingerprint density at radius 3 is 2.37 bits per heavy atom. The molecule has 0 bridgehead atoms. The average molecular weight is 303 g/mol. The zero-order valence-electron chi connectivity index (χ0n) is 12.2. The van der Waals surface area contributed by atoms with Crippen LogP contribution in [0.5, 0.6) is 0 Å². The normalized spacial score (nSPS) is 13.9. The molecule has 0 heterocycles. The summed E-state index contributed by atoms with van der Waals surface area (Å²) in [5.74, 6) is 0. The van der Waals surface area contributed by atoms with E-state index in [0.717, 1.165) is 13.1 Å². The minimum absolute atomic E-state index is 0.112. The van der Waals surface area contributed by atoms with Crippen LogP contribution in [0, 0.1) is 5.41 Å². The maximum absolute atomic E-state index is 6.10. The first-order valence-electron chi connectivity index (χ1n) is 6.70. The second kappa shape index (κ2) is 6.94. The lowest BCUT2D eigenvalue weighted by atomic mass is 9.92. The van der Waals surface area contributed by atoms with Crippen molar-refractivity contribution in [3.63, 3.8) is 0 Å². The van der Waals surface area contributed by atoms with Crippen LogP contribution in [0.25, 0.3) is 0 Å². The Balaban J connectivity index is 2.89. The summed E-state index contributed by atoms with van der Waals surface area (Å²) in [7, 11) is 0. The highest BCUT2D eigenvalue weighted by atomic mass is 35.5. The number of nitrogens with zero attached hydrogens (tertiary/aromatic N) is 1. The Bertz CT molecular complexity index is 419. The van der Waals surface area contributed by atoms with Gasteiger partial charge in [0.15, 0.2) is 0 Å². The SMILES string of the molecule is CCN(CC(C)(C)CN)C(C)c1ccc(Cl)c(Cl)c1. The minimum atomic E-state index is 0.112. The van der Waals surface area contributed by atoms with E-state index < -0.39 is 0 Å². The molecular weight excluding hydrogens is 279 g/mol. The molecule has 1 aromatic carbocycles. The van der Waals surface area contributed by atoms with Crippen molar-refractivity contribution in [3.8, 4) is 0 Å². The van der Waals surface area contributed by atoms with Gasteiger partial charge in [0.1, 0.15) is 0 Å². The zero-order valence-corrected chi connectivity index (χ0v) is 13.7. The maximum Gasteiger partial charge on any atom is 0.0595 e. The molecule has 19 heavy (non-hydrogen) atoms. The van der Waals surface area contributed by atoms with Crippen molar-refractivity contribution in [2.75, 3.05) is 19.6 Å². The standard InChI is InChI=1S/C15H24Cl2N2/c1-5-19(10-15(3,4)9-18)11(2)12-6-7-13(16)14(17)8-12/h6-8,11H,5,9-10,18H2,1-4H3. The molecule has 1 rings (SSSR count). The van der Waals surface area contributed by atoms with Crippen LogP contribution >= 0.6 is 23.2 Å². The van der Waals surface area contributed by atoms with Gasteiger partial charge in [-0.3, -0.25) is 4.90 Å². The number of hydrogen-bond donors (Lipinski definition) is 1. The third-order valence-corrected chi connectivity index (χ3v) is 4.30. The molecule has 0 radical (unpaired) electrons. The van der Waals surface area contributed by atoms with Gasteiger partial charge in [-0.1, -0.05) is 50.0 Å². The molecule has 0 aliphatic carbocycles. The highest BCUT2D eigenvalue weighted by molar-refractivity contribution is 6.42. The number of rotatable bonds is 6. The van der Waals surface area contributed by atoms with Gasteiger partial charge in [-0.25, -0.2) is 0 Å². The summed E-state index contributed by atoms with van der Waals surface area (Å²) in [5, 5.41) is 1.21. The van der Waals surface area contributed by atoms with E-state index in [2.05, 4.69) is 32.6 Å². The molecule has 108 valence electrons. The highest BCUT2D eigenvalue weighted by Gasteiger charge is 2.23. The molecule has 0 aliphatic heterocycles. The van der Waals surface area contributed by atoms with Crippen LogP contribution in [0.2, 0.25) is 10.0 Å². The van der Waals surface area contributed by atoms with Gasteiger partial charge in [0.25, 0.3) is 0 Å². The largest absolute Gasteiger partial charge is 0.330 e. The molecule has 1 aromatic rings. The maximum atomic E-state index is 6.10. The molecule has 0 fully saturated rings. The Morgan fingerprint density at radius 2 is 1.89 bits per heavy atom. The smallest absolute Gasteiger partial charge is 0.0595 e. The monoisotopic (exact) mass is 302 g/mol. The summed E-state index contributed by atoms with van der Waals surface area (Å²) in [5.41, 5.74) is 7.12. The Kier molecular flexibility index (Phi) is 6.13. The molecule has 1 atom stereocenters. The predicted octanol–water partition coefficient (Wildman–Crippen LogP) is 4.36. The number of nitrogens with two attached hydrogens (primary N) is 1. The highest BCUT2D eigenvalue weighted by Crippen LogP contribution is 2.29. The molecule has 0 aliphatic rings. The van der Waals surface area contributed by atoms with E-state index in [1.165, 1.54) is 5.56 Å². The fourth-order valence-corrected chi connectivity index (χ4v) is 2.43. The van der Waals surface area contributed by atoms with E-state index in [4.69, 9.17) is 28.9 Å². The van der Waals surface area contributed by atoms with Gasteiger partial charge in [-0.2, -0.15) is 0 Å². The van der Waals surface area contributed by atoms with Gasteiger partial charge in [-0.05, 0) is 43.1 Å². The van der Waals surface area contributed by atoms with E-state index >= 15 is 0 Å². The van der Waals surface area contributed by atoms with Crippen LogP contribution in [0.15, 0.2) is 18.2 Å². The summed E-state index contributed by atoms with van der Waals surface area (Å²) in [4.78, 5) is 2.41. The molecule has 1 unspecified atom stereocenters. The van der Waals surface area contributed by atoms with Crippen molar-refractivity contribution < 1.29 is 0 Å². The third-order valence-electron chi connectivity index (χ3n) is 3.56. The van der Waals surface area contributed by atoms with Crippen molar-refractivity contribution in [1.29, 1.82) is 0 Å². The van der Waals surface area contributed by atoms with Crippen LogP contribution in [0.4, 0.5) is 0 Å². The van der Waals surface area contributed by atoms with Gasteiger partial charge in [0, 0.05) is 12.6 Å². The molecule has 4 heteroatoms. The lowest BCUT2D eigenvalue weighted by Gasteiger charge is -2.35. The summed E-state index contributed by atoms with van der Waals surface area (Å²) >= 11 is 12.1. The first kappa shape index (κ1) is 16.8. The Morgan fingerprint density at radius 1 is 1.26 bits per heavy atom. The summed E-state index contributed by atoms with van der Waals surface area (Å²) < 4.78 is 0. The van der Waals surface area contributed by atoms with Crippen molar-refractivity contribution in [1.82, 2.24) is 4.90 Å². The van der Waals surface area contributed by atoms with Crippen molar-refractivity contribution in [2.45, 2.75) is 33.7 Å². The molecule has 0 saturated carbocycles. The molecule has 0 aromatic heterocycles. The van der Waals surface area contributed by atoms with Crippen LogP contribution in [-0.4, -0.2) is 24.5 Å². The van der Waals surface area contributed by atoms with Gasteiger partial charge in [-0.15, -0.1) is 0 Å². The summed E-state index contributed by atoms with van der Waals surface area (Å²) in [6.07, 6.45) is 0. The van der Waals surface area contributed by atoms with Crippen LogP contribution in [0.3, 0.4) is 0 Å². The Labute approximate surface area is 126 Å². The molecule has 2 nitrogen and oxygen atoms in total. The average Bonchev–Trinajstić information content (AvgIpc) is 2.38. The van der Waals surface area contributed by atoms with Gasteiger partial charge in [0.2, 0.25) is 0 Å². The minimum Gasteiger partial charge on any atom is -0.330 e. The number of hydrogen-bond acceptors (Lipinski definition) is 2. The molecule has 0 amide bonds. The quantitative estimate of drug-likeness (QED) is 0.846. The molecule has 2 N–H and O–H groups in total. The molecular formula is C15H24Cl2N2. The Hall–Kier alpha value is -0.280. The van der Waals surface area contributed by atoms with Crippen molar-refractivity contribution in [3.05, 3.63) is 33.8 Å². The van der Waals surface area contributed by atoms with E-state index in [0.29, 0.717) is 22.6 Å². The first-order valence-corrected chi connectivity index (χ1v) is 7.45. The van der Waals surface area contributed by atoms with Crippen LogP contribution in [0.1, 0.15) is 39.3 Å². The molecule has 0 saturated heterocycles. The van der Waals surface area contributed by atoms with Crippen molar-refractivity contribution >= 4 is 23.2 Å². The lowest BCUT2D eigenvalue weighted by molar-refractivity contribution is 0.148. The fraction of sp³-hybridized carbons (Fsp3) is 0.600. The van der Waals surface area contributed by atoms with E-state index in [-0.39, 0.29) is 5.41 Å². The van der Waals surface area contributed by atoms with Crippen LogP contribution < -0.4 is 5.73 Å². The second-order valence-corrected chi connectivity index (χ2v) is 6.60. The van der Waals surface area contributed by atoms with Gasteiger partial charge < -0.3 is 5.73 Å². The fourth-order valence-electron chi connectivity index (χ4n) is 2.12. The second-order valence-electron chi connectivity index (χ2n) is 5.78. The third kappa shape index (κ3) is 4.64. The molecule has 0 spiro atoms. The topological polar surface area (TPSA) is 29.3 Å². The van der Waals surface area contributed by atoms with Crippen molar-refractivity contribution in [2.24, 2.45) is 11.1 Å². The predicted molar refractivity (Wildman–Crippen MR) is 85.0 cm³/mol. The van der Waals surface area contributed by atoms with Gasteiger partial charge in [0.05, 0.1) is 10.0 Å². The van der Waals surface area contributed by atoms with E-state index in [1.54, 1.807) is 0 Å². The van der Waals surface area contributed by atoms with E-state index in [9.17, 15) is 0 Å². The number of halogens is 2. The zero-order chi connectivity index (χ0) is 14.6.